The molecular weight excluding hydrogens is 601 g/mol. The number of hydrogen-bond acceptors (Lipinski definition) is 5. The van der Waals surface area contributed by atoms with E-state index in [0.29, 0.717) is 11.5 Å². The Bertz CT molecular complexity index is 2460. The van der Waals surface area contributed by atoms with Crippen molar-refractivity contribution in [3.63, 3.8) is 0 Å². The van der Waals surface area contributed by atoms with Gasteiger partial charge in [-0.05, 0) is 70.8 Å². The molecule has 0 bridgehead atoms. The van der Waals surface area contributed by atoms with E-state index >= 15 is 0 Å². The molecule has 0 unspecified atom stereocenters. The Kier molecular flexibility index (Phi) is 7.06. The second-order valence-corrected chi connectivity index (χ2v) is 11.9. The van der Waals surface area contributed by atoms with E-state index in [2.05, 4.69) is 82.8 Å². The summed E-state index contributed by atoms with van der Waals surface area (Å²) in [7, 11) is 0. The van der Waals surface area contributed by atoms with Crippen LogP contribution in [0.25, 0.3) is 89.5 Å². The number of fused-ring (bicyclic) bond motifs is 3. The topological polar surface area (TPSA) is 64.7 Å². The maximum Gasteiger partial charge on any atom is 0.231 e. The summed E-state index contributed by atoms with van der Waals surface area (Å²) in [6.45, 7) is 0. The molecule has 5 nitrogen and oxygen atoms in total. The van der Waals surface area contributed by atoms with E-state index < -0.39 is 0 Å². The van der Waals surface area contributed by atoms with E-state index in [-0.39, 0.29) is 0 Å². The maximum absolute atomic E-state index is 6.35. The lowest BCUT2D eigenvalue weighted by Gasteiger charge is -2.13. The van der Waals surface area contributed by atoms with Crippen LogP contribution in [0, 0.1) is 0 Å². The minimum Gasteiger partial charge on any atom is -0.438 e. The molecular formula is C44H28N4O. The fraction of sp³-hybridized carbons (Fsp3) is 0. The van der Waals surface area contributed by atoms with Crippen LogP contribution in [0.2, 0.25) is 0 Å². The lowest BCUT2D eigenvalue weighted by molar-refractivity contribution is 0.653. The van der Waals surface area contributed by atoms with Crippen molar-refractivity contribution in [3.05, 3.63) is 170 Å². The molecule has 0 amide bonds. The van der Waals surface area contributed by atoms with Crippen LogP contribution in [0.4, 0.5) is 0 Å². The average molecular weight is 629 g/mol. The van der Waals surface area contributed by atoms with Crippen molar-refractivity contribution in [1.82, 2.24) is 19.9 Å². The Hall–Kier alpha value is -6.72. The Balaban J connectivity index is 1.25. The summed E-state index contributed by atoms with van der Waals surface area (Å²) in [6, 6.07) is 54.0. The van der Waals surface area contributed by atoms with Gasteiger partial charge in [0.1, 0.15) is 5.58 Å². The van der Waals surface area contributed by atoms with Gasteiger partial charge in [-0.25, -0.2) is 4.98 Å². The third-order valence-corrected chi connectivity index (χ3v) is 8.84. The van der Waals surface area contributed by atoms with Gasteiger partial charge < -0.3 is 4.42 Å². The van der Waals surface area contributed by atoms with Gasteiger partial charge in [0.25, 0.3) is 0 Å². The van der Waals surface area contributed by atoms with Gasteiger partial charge in [-0.3, -0.25) is 9.97 Å². The molecule has 9 aromatic rings. The summed E-state index contributed by atoms with van der Waals surface area (Å²) in [6.07, 6.45) is 3.65. The number of aromatic nitrogens is 4. The molecule has 0 aliphatic carbocycles. The molecule has 0 saturated heterocycles. The second kappa shape index (κ2) is 12.1. The van der Waals surface area contributed by atoms with Crippen LogP contribution in [0.5, 0.6) is 0 Å². The smallest absolute Gasteiger partial charge is 0.231 e. The predicted octanol–water partition coefficient (Wildman–Crippen LogP) is 11.2. The monoisotopic (exact) mass is 628 g/mol. The van der Waals surface area contributed by atoms with Gasteiger partial charge in [-0.1, -0.05) is 109 Å². The summed E-state index contributed by atoms with van der Waals surface area (Å²) in [4.78, 5) is 19.3. The zero-order chi connectivity index (χ0) is 32.6. The molecule has 49 heavy (non-hydrogen) atoms. The van der Waals surface area contributed by atoms with Crippen LogP contribution in [0.1, 0.15) is 0 Å². The summed E-state index contributed by atoms with van der Waals surface area (Å²) >= 11 is 0. The fourth-order valence-electron chi connectivity index (χ4n) is 6.38. The van der Waals surface area contributed by atoms with Crippen molar-refractivity contribution in [3.8, 4) is 67.4 Å². The number of rotatable bonds is 6. The van der Waals surface area contributed by atoms with Crippen molar-refractivity contribution in [2.24, 2.45) is 0 Å². The van der Waals surface area contributed by atoms with Crippen molar-refractivity contribution >= 4 is 22.1 Å². The van der Waals surface area contributed by atoms with Crippen LogP contribution in [-0.4, -0.2) is 19.9 Å². The SMILES string of the molecule is c1ccc(-c2nc(-c3cc(-c4ccc(-c5ccccn5)cc4)cc(-c4ccc(-c5ccccn5)cc4)c3)c3c(n2)oc2ccccc23)cc1. The number of benzene rings is 5. The van der Waals surface area contributed by atoms with E-state index in [0.717, 1.165) is 77.9 Å². The first-order valence-corrected chi connectivity index (χ1v) is 16.2. The molecule has 0 radical (unpaired) electrons. The van der Waals surface area contributed by atoms with Gasteiger partial charge in [0, 0.05) is 40.0 Å². The molecule has 4 heterocycles. The molecule has 230 valence electrons. The maximum atomic E-state index is 6.35. The van der Waals surface area contributed by atoms with Crippen LogP contribution in [0.3, 0.4) is 0 Å². The van der Waals surface area contributed by atoms with Crippen LogP contribution in [-0.2, 0) is 0 Å². The lowest BCUT2D eigenvalue weighted by atomic mass is 9.93. The summed E-state index contributed by atoms with van der Waals surface area (Å²) in [5, 5.41) is 1.88. The Morgan fingerprint density at radius 3 is 1.51 bits per heavy atom. The van der Waals surface area contributed by atoms with Gasteiger partial charge in [0.15, 0.2) is 5.82 Å². The molecule has 0 saturated carbocycles. The number of nitrogens with zero attached hydrogens (tertiary/aromatic N) is 4. The first-order chi connectivity index (χ1) is 24.3. The number of furan rings is 1. The van der Waals surface area contributed by atoms with E-state index in [1.807, 2.05) is 97.3 Å². The number of hydrogen-bond donors (Lipinski definition) is 0. The highest BCUT2D eigenvalue weighted by Gasteiger charge is 2.19. The highest BCUT2D eigenvalue weighted by atomic mass is 16.3. The zero-order valence-electron chi connectivity index (χ0n) is 26.4. The van der Waals surface area contributed by atoms with E-state index in [1.54, 1.807) is 0 Å². The quantitative estimate of drug-likeness (QED) is 0.183. The minimum absolute atomic E-state index is 0.566. The summed E-state index contributed by atoms with van der Waals surface area (Å²) < 4.78 is 6.35. The Labute approximate surface area is 283 Å². The van der Waals surface area contributed by atoms with Gasteiger partial charge >= 0.3 is 0 Å². The highest BCUT2D eigenvalue weighted by Crippen LogP contribution is 2.40. The molecule has 0 N–H and O–H groups in total. The molecule has 0 atom stereocenters. The summed E-state index contributed by atoms with van der Waals surface area (Å²) in [5.74, 6) is 0.619. The molecule has 0 aliphatic heterocycles. The molecule has 5 aromatic carbocycles. The largest absolute Gasteiger partial charge is 0.438 e. The van der Waals surface area contributed by atoms with Crippen molar-refractivity contribution < 1.29 is 4.42 Å². The minimum atomic E-state index is 0.566. The van der Waals surface area contributed by atoms with Gasteiger partial charge in [-0.2, -0.15) is 4.98 Å². The second-order valence-electron chi connectivity index (χ2n) is 11.9. The first-order valence-electron chi connectivity index (χ1n) is 16.2. The fourth-order valence-corrected chi connectivity index (χ4v) is 6.38. The van der Waals surface area contributed by atoms with Gasteiger partial charge in [-0.15, -0.1) is 0 Å². The Morgan fingerprint density at radius 2 is 0.918 bits per heavy atom. The van der Waals surface area contributed by atoms with Crippen molar-refractivity contribution in [2.75, 3.05) is 0 Å². The third-order valence-electron chi connectivity index (χ3n) is 8.84. The normalized spacial score (nSPS) is 11.3. The highest BCUT2D eigenvalue weighted by molar-refractivity contribution is 6.11. The summed E-state index contributed by atoms with van der Waals surface area (Å²) in [5.41, 5.74) is 12.5. The van der Waals surface area contributed by atoms with Crippen LogP contribution < -0.4 is 0 Å². The van der Waals surface area contributed by atoms with Gasteiger partial charge in [0.05, 0.1) is 22.5 Å². The predicted molar refractivity (Wildman–Crippen MR) is 198 cm³/mol. The zero-order valence-corrected chi connectivity index (χ0v) is 26.4. The van der Waals surface area contributed by atoms with Crippen LogP contribution >= 0.6 is 0 Å². The molecule has 0 spiro atoms. The van der Waals surface area contributed by atoms with E-state index in [4.69, 9.17) is 14.4 Å². The van der Waals surface area contributed by atoms with E-state index in [9.17, 15) is 0 Å². The number of pyridine rings is 2. The molecule has 0 aliphatic rings. The van der Waals surface area contributed by atoms with Crippen molar-refractivity contribution in [2.45, 2.75) is 0 Å². The first kappa shape index (κ1) is 28.5. The molecule has 5 heteroatoms. The van der Waals surface area contributed by atoms with E-state index in [1.165, 1.54) is 0 Å². The average Bonchev–Trinajstić information content (AvgIpc) is 3.57. The third kappa shape index (κ3) is 5.43. The lowest BCUT2D eigenvalue weighted by Crippen LogP contribution is -1.95. The molecule has 0 fully saturated rings. The molecule has 4 aromatic heterocycles. The standard InChI is InChI=1S/C44H28N4O/c1-2-10-33(11-3-1)43-47-42(41-37-12-4-5-15-40(37)49-44(41)48-43)36-27-34(29-16-20-31(21-17-29)38-13-6-8-24-45-38)26-35(28-36)30-18-22-32(23-19-30)39-14-7-9-25-46-39/h1-28H. The van der Waals surface area contributed by atoms with Crippen molar-refractivity contribution in [1.29, 1.82) is 0 Å². The van der Waals surface area contributed by atoms with Crippen LogP contribution in [0.15, 0.2) is 175 Å². The van der Waals surface area contributed by atoms with Gasteiger partial charge in [0.2, 0.25) is 5.71 Å². The molecule has 9 rings (SSSR count). The number of para-hydroxylation sites is 1. The Morgan fingerprint density at radius 1 is 0.388 bits per heavy atom.